The van der Waals surface area contributed by atoms with Crippen molar-refractivity contribution < 1.29 is 0 Å². The van der Waals surface area contributed by atoms with E-state index in [9.17, 15) is 0 Å². The number of thiophene rings is 1. The van der Waals surface area contributed by atoms with E-state index in [4.69, 9.17) is 5.73 Å². The van der Waals surface area contributed by atoms with Crippen LogP contribution < -0.4 is 5.73 Å². The van der Waals surface area contributed by atoms with Crippen molar-refractivity contribution >= 4 is 58.3 Å². The van der Waals surface area contributed by atoms with Crippen molar-refractivity contribution in [2.75, 3.05) is 6.54 Å². The smallest absolute Gasteiger partial charge is 0.0606 e. The van der Waals surface area contributed by atoms with Crippen LogP contribution in [-0.4, -0.2) is 11.5 Å². The summed E-state index contributed by atoms with van der Waals surface area (Å²) in [4.78, 5) is 3.71. The maximum absolute atomic E-state index is 5.74. The van der Waals surface area contributed by atoms with E-state index in [1.54, 1.807) is 0 Å². The van der Waals surface area contributed by atoms with Gasteiger partial charge in [0.1, 0.15) is 0 Å². The monoisotopic (exact) mass is 448 g/mol. The molecule has 0 saturated heterocycles. The first kappa shape index (κ1) is 17.9. The van der Waals surface area contributed by atoms with Gasteiger partial charge in [0.2, 0.25) is 0 Å². The zero-order valence-corrected chi connectivity index (χ0v) is 17.9. The van der Waals surface area contributed by atoms with Crippen LogP contribution in [0.4, 0.5) is 0 Å². The molecule has 0 saturated carbocycles. The third kappa shape index (κ3) is 2.96. The zero-order chi connectivity index (χ0) is 19.1. The number of nitrogens with one attached hydrogen (secondary N) is 1. The molecule has 28 heavy (non-hydrogen) atoms. The number of hydrogen-bond acceptors (Lipinski definition) is 2. The zero-order valence-electron chi connectivity index (χ0n) is 15.5. The molecule has 4 heteroatoms. The molecule has 5 aromatic rings. The number of hydrogen-bond donors (Lipinski definition) is 2. The van der Waals surface area contributed by atoms with Crippen LogP contribution in [0.15, 0.2) is 65.1 Å². The van der Waals surface area contributed by atoms with Crippen molar-refractivity contribution in [3.8, 4) is 11.3 Å². The predicted molar refractivity (Wildman–Crippen MR) is 126 cm³/mol. The third-order valence-corrected chi connectivity index (χ3v) is 7.25. The van der Waals surface area contributed by atoms with E-state index in [1.807, 2.05) is 11.3 Å². The van der Waals surface area contributed by atoms with Crippen LogP contribution in [0, 0.1) is 0 Å². The van der Waals surface area contributed by atoms with Crippen LogP contribution in [-0.2, 0) is 6.42 Å². The lowest BCUT2D eigenvalue weighted by atomic mass is 9.99. The normalized spacial score (nSPS) is 11.8. The molecular weight excluding hydrogens is 428 g/mol. The Morgan fingerprint density at radius 2 is 1.68 bits per heavy atom. The minimum absolute atomic E-state index is 0.744. The van der Waals surface area contributed by atoms with E-state index < -0.39 is 0 Å². The molecule has 2 nitrogen and oxygen atoms in total. The standard InChI is InChI=1S/C24H21BrN2S/c25-20-9-5-8-18-17(7-3-4-13-26)23(27-24(18)20)15-11-12-22-19(14-15)16-6-1-2-10-21(16)28-22/h1-2,5-6,8-12,14,27H,3-4,7,13,26H2. The molecule has 0 unspecified atom stereocenters. The Morgan fingerprint density at radius 1 is 0.857 bits per heavy atom. The van der Waals surface area contributed by atoms with Gasteiger partial charge >= 0.3 is 0 Å². The molecule has 2 aromatic heterocycles. The summed E-state index contributed by atoms with van der Waals surface area (Å²) < 4.78 is 3.79. The van der Waals surface area contributed by atoms with Gasteiger partial charge in [-0.05, 0) is 77.1 Å². The molecule has 0 amide bonds. The van der Waals surface area contributed by atoms with Crippen LogP contribution in [0.25, 0.3) is 42.3 Å². The summed E-state index contributed by atoms with van der Waals surface area (Å²) in [6.07, 6.45) is 3.19. The van der Waals surface area contributed by atoms with Crippen molar-refractivity contribution in [2.45, 2.75) is 19.3 Å². The molecule has 3 aromatic carbocycles. The molecule has 0 bridgehead atoms. The molecule has 0 aliphatic rings. The topological polar surface area (TPSA) is 41.8 Å². The second-order valence-corrected chi connectivity index (χ2v) is 9.13. The molecule has 0 atom stereocenters. The molecule has 3 N–H and O–H groups in total. The summed E-state index contributed by atoms with van der Waals surface area (Å²) in [6.45, 7) is 0.744. The average molecular weight is 449 g/mol. The van der Waals surface area contributed by atoms with E-state index in [2.05, 4.69) is 81.6 Å². The van der Waals surface area contributed by atoms with Crippen molar-refractivity contribution in [2.24, 2.45) is 5.73 Å². The highest BCUT2D eigenvalue weighted by Gasteiger charge is 2.16. The number of aryl methyl sites for hydroxylation is 1. The van der Waals surface area contributed by atoms with Gasteiger partial charge in [0, 0.05) is 35.7 Å². The average Bonchev–Trinajstić information content (AvgIpc) is 3.27. The van der Waals surface area contributed by atoms with Crippen LogP contribution >= 0.6 is 27.3 Å². The summed E-state index contributed by atoms with van der Waals surface area (Å²) in [6, 6.07) is 22.0. The molecule has 0 aliphatic carbocycles. The van der Waals surface area contributed by atoms with Gasteiger partial charge in [-0.3, -0.25) is 0 Å². The Balaban J connectivity index is 1.72. The van der Waals surface area contributed by atoms with Gasteiger partial charge in [-0.2, -0.15) is 0 Å². The Hall–Kier alpha value is -2.14. The van der Waals surface area contributed by atoms with Crippen molar-refractivity contribution in [1.82, 2.24) is 4.98 Å². The van der Waals surface area contributed by atoms with Gasteiger partial charge in [-0.25, -0.2) is 0 Å². The highest BCUT2D eigenvalue weighted by atomic mass is 79.9. The summed E-state index contributed by atoms with van der Waals surface area (Å²) in [5, 5.41) is 3.98. The van der Waals surface area contributed by atoms with Gasteiger partial charge in [0.05, 0.1) is 5.52 Å². The number of para-hydroxylation sites is 1. The summed E-state index contributed by atoms with van der Waals surface area (Å²) >= 11 is 5.58. The Morgan fingerprint density at radius 3 is 2.57 bits per heavy atom. The fourth-order valence-electron chi connectivity index (χ4n) is 4.07. The molecule has 5 rings (SSSR count). The maximum Gasteiger partial charge on any atom is 0.0606 e. The van der Waals surface area contributed by atoms with Crippen LogP contribution in [0.5, 0.6) is 0 Å². The number of nitrogens with two attached hydrogens (primary N) is 1. The predicted octanol–water partition coefficient (Wildman–Crippen LogP) is 7.25. The summed E-state index contributed by atoms with van der Waals surface area (Å²) in [7, 11) is 0. The van der Waals surface area contributed by atoms with Gasteiger partial charge in [0.15, 0.2) is 0 Å². The second kappa shape index (κ2) is 7.36. The molecule has 2 heterocycles. The molecule has 0 radical (unpaired) electrons. The lowest BCUT2D eigenvalue weighted by molar-refractivity contribution is 0.748. The highest BCUT2D eigenvalue weighted by Crippen LogP contribution is 2.39. The fourth-order valence-corrected chi connectivity index (χ4v) is 5.62. The number of H-pyrrole nitrogens is 1. The molecule has 140 valence electrons. The molecule has 0 aliphatic heterocycles. The molecule has 0 fully saturated rings. The number of fused-ring (bicyclic) bond motifs is 4. The first-order valence-corrected chi connectivity index (χ1v) is 11.3. The van der Waals surface area contributed by atoms with Crippen LogP contribution in [0.3, 0.4) is 0 Å². The Kier molecular flexibility index (Phi) is 4.71. The first-order valence-electron chi connectivity index (χ1n) is 9.67. The number of unbranched alkanes of at least 4 members (excludes halogenated alkanes) is 1. The van der Waals surface area contributed by atoms with E-state index in [1.165, 1.54) is 47.9 Å². The van der Waals surface area contributed by atoms with Crippen LogP contribution in [0.2, 0.25) is 0 Å². The summed E-state index contributed by atoms with van der Waals surface area (Å²) in [5.74, 6) is 0. The van der Waals surface area contributed by atoms with E-state index in [0.29, 0.717) is 0 Å². The highest BCUT2D eigenvalue weighted by molar-refractivity contribution is 9.10. The first-order chi connectivity index (χ1) is 13.8. The second-order valence-electron chi connectivity index (χ2n) is 7.20. The van der Waals surface area contributed by atoms with Crippen LogP contribution in [0.1, 0.15) is 18.4 Å². The van der Waals surface area contributed by atoms with Gasteiger partial charge in [-0.1, -0.05) is 36.4 Å². The Bertz CT molecular complexity index is 1300. The van der Waals surface area contributed by atoms with Gasteiger partial charge in [-0.15, -0.1) is 11.3 Å². The number of aromatic nitrogens is 1. The number of halogens is 1. The molecule has 0 spiro atoms. The third-order valence-electron chi connectivity index (χ3n) is 5.44. The van der Waals surface area contributed by atoms with E-state index >= 15 is 0 Å². The number of rotatable bonds is 5. The SMILES string of the molecule is NCCCCc1c(-c2ccc3sc4ccccc4c3c2)[nH]c2c(Br)cccc12. The van der Waals surface area contributed by atoms with Gasteiger partial charge in [0.25, 0.3) is 0 Å². The fraction of sp³-hybridized carbons (Fsp3) is 0.167. The van der Waals surface area contributed by atoms with E-state index in [0.717, 1.165) is 30.3 Å². The summed E-state index contributed by atoms with van der Waals surface area (Å²) in [5.41, 5.74) is 10.8. The van der Waals surface area contributed by atoms with Crippen molar-refractivity contribution in [3.05, 3.63) is 70.7 Å². The number of benzene rings is 3. The van der Waals surface area contributed by atoms with Gasteiger partial charge < -0.3 is 10.7 Å². The van der Waals surface area contributed by atoms with E-state index in [-0.39, 0.29) is 0 Å². The van der Waals surface area contributed by atoms with Crippen molar-refractivity contribution in [1.29, 1.82) is 0 Å². The largest absolute Gasteiger partial charge is 0.353 e. The minimum Gasteiger partial charge on any atom is -0.353 e. The lowest BCUT2D eigenvalue weighted by Gasteiger charge is -2.06. The lowest BCUT2D eigenvalue weighted by Crippen LogP contribution is -1.99. The van der Waals surface area contributed by atoms with Crippen molar-refractivity contribution in [3.63, 3.8) is 0 Å². The maximum atomic E-state index is 5.74. The number of aromatic amines is 1. The quantitative estimate of drug-likeness (QED) is 0.273. The molecular formula is C24H21BrN2S. The Labute approximate surface area is 176 Å². The minimum atomic E-state index is 0.744.